The molecule has 0 heterocycles. The first-order chi connectivity index (χ1) is 13.5. The van der Waals surface area contributed by atoms with Crippen LogP contribution in [0.5, 0.6) is 5.75 Å². The topological polar surface area (TPSA) is 58.6 Å². The Morgan fingerprint density at radius 1 is 1.00 bits per heavy atom. The number of anilines is 1. The van der Waals surface area contributed by atoms with Crippen molar-refractivity contribution in [2.75, 3.05) is 18.4 Å². The molecule has 2 aromatic carbocycles. The third kappa shape index (κ3) is 5.84. The first-order valence-electron chi connectivity index (χ1n) is 9.92. The van der Waals surface area contributed by atoms with Crippen LogP contribution in [0, 0.1) is 0 Å². The molecule has 2 amide bonds. The highest BCUT2D eigenvalue weighted by molar-refractivity contribution is 6.06. The summed E-state index contributed by atoms with van der Waals surface area (Å²) < 4.78 is 5.73. The molecule has 28 heavy (non-hydrogen) atoms. The molecule has 0 aliphatic heterocycles. The minimum atomic E-state index is -0.264. The highest BCUT2D eigenvalue weighted by atomic mass is 16.5. The van der Waals surface area contributed by atoms with E-state index in [0.717, 1.165) is 25.9 Å². The molecular formula is C23H30N2O3. The van der Waals surface area contributed by atoms with Crippen LogP contribution >= 0.6 is 0 Å². The van der Waals surface area contributed by atoms with Gasteiger partial charge in [0, 0.05) is 24.3 Å². The van der Waals surface area contributed by atoms with E-state index in [1.807, 2.05) is 24.8 Å². The molecule has 0 unspecified atom stereocenters. The number of rotatable bonds is 9. The lowest BCUT2D eigenvalue weighted by molar-refractivity contribution is 0.0755. The van der Waals surface area contributed by atoms with Gasteiger partial charge in [0.1, 0.15) is 5.75 Å². The third-order valence-electron chi connectivity index (χ3n) is 4.14. The molecule has 0 aromatic heterocycles. The Morgan fingerprint density at radius 3 is 2.32 bits per heavy atom. The second kappa shape index (κ2) is 10.5. The minimum Gasteiger partial charge on any atom is -0.490 e. The molecule has 5 nitrogen and oxygen atoms in total. The SMILES string of the molecule is CCCN(CCC)C(=O)c1cccc(NC(=O)c2ccccc2OC(C)C)c1. The summed E-state index contributed by atoms with van der Waals surface area (Å²) in [5.74, 6) is 0.266. The van der Waals surface area contributed by atoms with Crippen LogP contribution in [0.3, 0.4) is 0 Å². The van der Waals surface area contributed by atoms with E-state index < -0.39 is 0 Å². The first kappa shape index (κ1) is 21.5. The fourth-order valence-electron chi connectivity index (χ4n) is 2.98. The summed E-state index contributed by atoms with van der Waals surface area (Å²) in [6.07, 6.45) is 1.79. The Kier molecular flexibility index (Phi) is 8.05. The lowest BCUT2D eigenvalue weighted by Gasteiger charge is -2.21. The number of carbonyl (C=O) groups is 2. The number of benzene rings is 2. The van der Waals surface area contributed by atoms with Gasteiger partial charge in [-0.3, -0.25) is 9.59 Å². The number of ether oxygens (including phenoxy) is 1. The van der Waals surface area contributed by atoms with Crippen LogP contribution < -0.4 is 10.1 Å². The number of hydrogen-bond donors (Lipinski definition) is 1. The van der Waals surface area contributed by atoms with Gasteiger partial charge >= 0.3 is 0 Å². The van der Waals surface area contributed by atoms with Crippen molar-refractivity contribution in [2.24, 2.45) is 0 Å². The van der Waals surface area contributed by atoms with Gasteiger partial charge in [0.15, 0.2) is 0 Å². The van der Waals surface area contributed by atoms with Crippen LogP contribution in [-0.4, -0.2) is 35.9 Å². The van der Waals surface area contributed by atoms with Crippen molar-refractivity contribution in [3.05, 3.63) is 59.7 Å². The van der Waals surface area contributed by atoms with Crippen LogP contribution in [0.25, 0.3) is 0 Å². The highest BCUT2D eigenvalue weighted by Gasteiger charge is 2.17. The normalized spacial score (nSPS) is 10.6. The van der Waals surface area contributed by atoms with Crippen molar-refractivity contribution in [3.8, 4) is 5.75 Å². The van der Waals surface area contributed by atoms with Crippen molar-refractivity contribution in [1.29, 1.82) is 0 Å². The summed E-state index contributed by atoms with van der Waals surface area (Å²) >= 11 is 0. The van der Waals surface area contributed by atoms with E-state index in [0.29, 0.717) is 22.6 Å². The third-order valence-corrected chi connectivity index (χ3v) is 4.14. The summed E-state index contributed by atoms with van der Waals surface area (Å²) in [5.41, 5.74) is 1.63. The molecule has 1 N–H and O–H groups in total. The van der Waals surface area contributed by atoms with E-state index in [1.165, 1.54) is 0 Å². The second-order valence-corrected chi connectivity index (χ2v) is 6.99. The van der Waals surface area contributed by atoms with Gasteiger partial charge in [-0.05, 0) is 57.0 Å². The second-order valence-electron chi connectivity index (χ2n) is 6.99. The molecule has 150 valence electrons. The smallest absolute Gasteiger partial charge is 0.259 e. The van der Waals surface area contributed by atoms with E-state index in [4.69, 9.17) is 4.74 Å². The van der Waals surface area contributed by atoms with Gasteiger partial charge in [0.05, 0.1) is 11.7 Å². The van der Waals surface area contributed by atoms with Crippen molar-refractivity contribution in [1.82, 2.24) is 4.90 Å². The monoisotopic (exact) mass is 382 g/mol. The number of nitrogens with one attached hydrogen (secondary N) is 1. The highest BCUT2D eigenvalue weighted by Crippen LogP contribution is 2.21. The molecule has 0 spiro atoms. The zero-order valence-corrected chi connectivity index (χ0v) is 17.2. The van der Waals surface area contributed by atoms with Gasteiger partial charge < -0.3 is 15.0 Å². The lowest BCUT2D eigenvalue weighted by Crippen LogP contribution is -2.32. The molecule has 0 fully saturated rings. The molecule has 5 heteroatoms. The molecule has 0 saturated heterocycles. The zero-order valence-electron chi connectivity index (χ0n) is 17.2. The average molecular weight is 383 g/mol. The molecule has 2 rings (SSSR count). The largest absolute Gasteiger partial charge is 0.490 e. The molecule has 2 aromatic rings. The summed E-state index contributed by atoms with van der Waals surface area (Å²) in [7, 11) is 0. The van der Waals surface area contributed by atoms with E-state index in [1.54, 1.807) is 42.5 Å². The maximum absolute atomic E-state index is 12.8. The molecule has 0 radical (unpaired) electrons. The molecule has 0 atom stereocenters. The summed E-state index contributed by atoms with van der Waals surface area (Å²) in [5, 5.41) is 2.88. The van der Waals surface area contributed by atoms with Gasteiger partial charge in [-0.15, -0.1) is 0 Å². The lowest BCUT2D eigenvalue weighted by atomic mass is 10.1. The van der Waals surface area contributed by atoms with Gasteiger partial charge in [-0.25, -0.2) is 0 Å². The van der Waals surface area contributed by atoms with Gasteiger partial charge in [-0.2, -0.15) is 0 Å². The molecule has 0 saturated carbocycles. The van der Waals surface area contributed by atoms with Crippen molar-refractivity contribution in [2.45, 2.75) is 46.6 Å². The summed E-state index contributed by atoms with van der Waals surface area (Å²) in [6.45, 7) is 9.41. The number of amides is 2. The number of carbonyl (C=O) groups excluding carboxylic acids is 2. The molecule has 0 bridgehead atoms. The fourth-order valence-corrected chi connectivity index (χ4v) is 2.98. The molecule has 0 aliphatic rings. The summed E-state index contributed by atoms with van der Waals surface area (Å²) in [6, 6.07) is 14.2. The van der Waals surface area contributed by atoms with Crippen LogP contribution in [0.1, 0.15) is 61.3 Å². The van der Waals surface area contributed by atoms with E-state index in [2.05, 4.69) is 19.2 Å². The van der Waals surface area contributed by atoms with Gasteiger partial charge in [-0.1, -0.05) is 32.0 Å². The fraction of sp³-hybridized carbons (Fsp3) is 0.391. The Balaban J connectivity index is 2.19. The summed E-state index contributed by atoms with van der Waals surface area (Å²) in [4.78, 5) is 27.4. The average Bonchev–Trinajstić information content (AvgIpc) is 2.67. The maximum Gasteiger partial charge on any atom is 0.259 e. The number of hydrogen-bond acceptors (Lipinski definition) is 3. The van der Waals surface area contributed by atoms with Crippen LogP contribution in [0.4, 0.5) is 5.69 Å². The Labute approximate surface area is 167 Å². The Bertz CT molecular complexity index is 796. The van der Waals surface area contributed by atoms with Crippen LogP contribution in [0.2, 0.25) is 0 Å². The minimum absolute atomic E-state index is 0.0108. The Hall–Kier alpha value is -2.82. The van der Waals surface area contributed by atoms with Crippen molar-refractivity contribution < 1.29 is 14.3 Å². The predicted molar refractivity (Wildman–Crippen MR) is 113 cm³/mol. The van der Waals surface area contributed by atoms with Crippen molar-refractivity contribution in [3.63, 3.8) is 0 Å². The van der Waals surface area contributed by atoms with E-state index in [9.17, 15) is 9.59 Å². The van der Waals surface area contributed by atoms with Gasteiger partial charge in [0.25, 0.3) is 11.8 Å². The number of nitrogens with zero attached hydrogens (tertiary/aromatic N) is 1. The van der Waals surface area contributed by atoms with E-state index >= 15 is 0 Å². The van der Waals surface area contributed by atoms with Crippen LogP contribution in [-0.2, 0) is 0 Å². The standard InChI is InChI=1S/C23H30N2O3/c1-5-14-25(15-6-2)23(27)18-10-9-11-19(16-18)24-22(26)20-12-7-8-13-21(20)28-17(3)4/h7-13,16-17H,5-6,14-15H2,1-4H3,(H,24,26). The van der Waals surface area contributed by atoms with E-state index in [-0.39, 0.29) is 17.9 Å². The first-order valence-corrected chi connectivity index (χ1v) is 9.92. The quantitative estimate of drug-likeness (QED) is 0.665. The predicted octanol–water partition coefficient (Wildman–Crippen LogP) is 4.99. The molecule has 0 aliphatic carbocycles. The van der Waals surface area contributed by atoms with Gasteiger partial charge in [0.2, 0.25) is 0 Å². The maximum atomic E-state index is 12.8. The number of para-hydroxylation sites is 1. The Morgan fingerprint density at radius 2 is 1.68 bits per heavy atom. The zero-order chi connectivity index (χ0) is 20.5. The molecular weight excluding hydrogens is 352 g/mol. The van der Waals surface area contributed by atoms with Crippen LogP contribution in [0.15, 0.2) is 48.5 Å². The van der Waals surface area contributed by atoms with Crippen molar-refractivity contribution >= 4 is 17.5 Å².